The molecule has 12 heterocycles. The molecule has 0 saturated carbocycles. The van der Waals surface area contributed by atoms with E-state index in [2.05, 4.69) is 54.9 Å². The molecule has 0 aromatic carbocycles. The third-order valence-electron chi connectivity index (χ3n) is 18.0. The van der Waals surface area contributed by atoms with E-state index < -0.39 is 127 Å². The van der Waals surface area contributed by atoms with E-state index in [1.807, 2.05) is 60.1 Å². The Labute approximate surface area is 736 Å². The third kappa shape index (κ3) is 23.5. The summed E-state index contributed by atoms with van der Waals surface area (Å²) in [7, 11) is -9.90. The largest absolute Gasteiger partial charge is 0.476 e. The Morgan fingerprint density at radius 3 is 1.08 bits per heavy atom. The molecule has 118 heavy (non-hydrogen) atoms. The van der Waals surface area contributed by atoms with Gasteiger partial charge in [0.15, 0.2) is 17.5 Å². The van der Waals surface area contributed by atoms with Gasteiger partial charge in [0.05, 0.1) is 66.8 Å². The number of amides is 3. The topological polar surface area (TPSA) is 387 Å². The Bertz CT molecular complexity index is 6020. The fourth-order valence-electron chi connectivity index (χ4n) is 12.4. The van der Waals surface area contributed by atoms with Crippen LogP contribution in [0.2, 0.25) is 0 Å². The van der Waals surface area contributed by atoms with Gasteiger partial charge in [-0.05, 0) is 152 Å². The highest BCUT2D eigenvalue weighted by Crippen LogP contribution is 2.42. The van der Waals surface area contributed by atoms with Gasteiger partial charge in [0.2, 0.25) is 17.6 Å². The van der Waals surface area contributed by atoms with E-state index in [9.17, 15) is 44.7 Å². The van der Waals surface area contributed by atoms with E-state index in [1.165, 1.54) is 155 Å². The van der Waals surface area contributed by atoms with Crippen LogP contribution < -0.4 is 43.1 Å². The minimum atomic E-state index is -4.37. The summed E-state index contributed by atoms with van der Waals surface area (Å²) in [6.45, 7) is 21.5. The second-order valence-corrected chi connectivity index (χ2v) is 37.6. The summed E-state index contributed by atoms with van der Waals surface area (Å²) in [4.78, 5) is 62.3. The maximum absolute atomic E-state index is 13.6. The van der Waals surface area contributed by atoms with Crippen LogP contribution in [-0.2, 0) is 44.2 Å². The maximum Gasteiger partial charge on any atom is 0.268 e. The van der Waals surface area contributed by atoms with Crippen LogP contribution in [0.4, 0.5) is 17.5 Å². The van der Waals surface area contributed by atoms with Crippen LogP contribution in [0, 0.1) is 47.8 Å². The molecule has 39 heteroatoms. The molecular formula is C79H120N20O13S6. The molecule has 650 valence electrons. The first-order valence-electron chi connectivity index (χ1n) is 43.8. The zero-order valence-corrected chi connectivity index (χ0v) is 74.2. The van der Waals surface area contributed by atoms with Crippen molar-refractivity contribution in [3.8, 4) is 35.1 Å². The van der Waals surface area contributed by atoms with Gasteiger partial charge in [-0.3, -0.25) is 28.7 Å². The SMILES string of the molecule is C.S.S.S.[2H]C([2H])([2H])[C@@H]1CN(c2nc(-n3ccc(OCC(C)(C)C)n3)ccc2C(=O)NS(=O)(=O)C2=CCN=C2C)C(C)(C)C1([2H])[2H].[2H]C([2H])([2H])[C@@H]1CN(c2nc(-n3ccc(OCC(C)(C)C)n3)ccc2C(=O)NS(=O)(=O)c2cn(C)nc2C)C(C)(C)C1([2H])[2H].[2H]C([2H])([2H])[C@@H]1CN(c2nc(-n3ccc(OCC(C)(C)CO)n3)ccc2C(=O)NS(=O)(=O)c2cn(C)nc2C)C(C)(C)C1([2H])[2H]. The number of nitrogens with one attached hydrogen (secondary N) is 3. The maximum atomic E-state index is 13.6. The van der Waals surface area contributed by atoms with Gasteiger partial charge in [0, 0.05) is 126 Å². The zero-order chi connectivity index (χ0) is 96.8. The van der Waals surface area contributed by atoms with Crippen molar-refractivity contribution in [1.82, 2.24) is 78.0 Å². The highest BCUT2D eigenvalue weighted by atomic mass is 32.2. The van der Waals surface area contributed by atoms with E-state index in [4.69, 9.17) is 34.8 Å². The number of nitrogens with zero attached hydrogens (tertiary/aromatic N) is 17. The van der Waals surface area contributed by atoms with Crippen molar-refractivity contribution in [2.75, 3.05) is 67.3 Å². The molecule has 3 amide bonds. The number of aliphatic hydroxyl groups excluding tert-OH is 1. The fraction of sp³-hybridized carbons (Fsp3) is 0.544. The molecule has 0 spiro atoms. The zero-order valence-electron chi connectivity index (χ0n) is 83.7. The van der Waals surface area contributed by atoms with Crippen LogP contribution >= 0.6 is 40.5 Å². The van der Waals surface area contributed by atoms with Gasteiger partial charge < -0.3 is 34.0 Å². The smallest absolute Gasteiger partial charge is 0.268 e. The van der Waals surface area contributed by atoms with Gasteiger partial charge in [-0.25, -0.2) is 68.4 Å². The summed E-state index contributed by atoms with van der Waals surface area (Å²) in [5.41, 5.74) is -5.10. The van der Waals surface area contributed by atoms with Crippen molar-refractivity contribution in [2.45, 2.75) is 191 Å². The molecule has 3 saturated heterocycles. The molecule has 4 N–H and O–H groups in total. The first kappa shape index (κ1) is 76.4. The van der Waals surface area contributed by atoms with E-state index in [-0.39, 0.29) is 187 Å². The number of allylic oxidation sites excluding steroid dienone is 1. The average Bonchev–Trinajstić information content (AvgIpc) is 1.57. The summed E-state index contributed by atoms with van der Waals surface area (Å²) in [5.74, 6) is -6.13. The molecule has 4 aliphatic heterocycles. The van der Waals surface area contributed by atoms with Crippen LogP contribution in [0.3, 0.4) is 0 Å². The van der Waals surface area contributed by atoms with E-state index in [0.717, 1.165) is 0 Å². The minimum Gasteiger partial charge on any atom is -0.476 e. The quantitative estimate of drug-likeness (QED) is 0.0462. The number of aromatic nitrogens is 13. The monoisotopic (exact) mass is 1760 g/mol. The number of aliphatic imine (C=N–C) groups is 1. The predicted molar refractivity (Wildman–Crippen MR) is 471 cm³/mol. The van der Waals surface area contributed by atoms with E-state index >= 15 is 0 Å². The van der Waals surface area contributed by atoms with Gasteiger partial charge in [-0.15, -0.1) is 15.3 Å². The number of rotatable bonds is 23. The molecule has 3 fully saturated rings. The van der Waals surface area contributed by atoms with Crippen LogP contribution in [-0.4, -0.2) is 187 Å². The van der Waals surface area contributed by atoms with Crippen molar-refractivity contribution in [2.24, 2.45) is 53.1 Å². The molecule has 33 nitrogen and oxygen atoms in total. The number of hydrogen-bond donors (Lipinski definition) is 4. The second kappa shape index (κ2) is 37.3. The summed E-state index contributed by atoms with van der Waals surface area (Å²) in [5, 5.41) is 30.7. The first-order valence-corrected chi connectivity index (χ1v) is 40.7. The van der Waals surface area contributed by atoms with E-state index in [0.29, 0.717) is 25.0 Å². The Balaban J connectivity index is 0.000000302. The van der Waals surface area contributed by atoms with Gasteiger partial charge in [-0.2, -0.15) is 50.7 Å². The molecule has 12 rings (SSSR count). The Morgan fingerprint density at radius 2 is 0.822 bits per heavy atom. The number of sulfonamides is 3. The number of carbonyl (C=O) groups excluding carboxylic acids is 3. The van der Waals surface area contributed by atoms with Crippen LogP contribution in [0.5, 0.6) is 17.6 Å². The highest BCUT2D eigenvalue weighted by Gasteiger charge is 2.43. The number of ether oxygens (including phenoxy) is 3. The summed E-state index contributed by atoms with van der Waals surface area (Å²) in [6.07, 6.45) is 1.94. The molecule has 8 aromatic rings. The normalized spacial score (nSPS) is 21.0. The average molecular weight is 1770 g/mol. The van der Waals surface area contributed by atoms with Crippen LogP contribution in [0.15, 0.2) is 111 Å². The molecule has 0 bridgehead atoms. The summed E-state index contributed by atoms with van der Waals surface area (Å²) < 4.78 is 233. The van der Waals surface area contributed by atoms with Crippen molar-refractivity contribution >= 4 is 111 Å². The molecule has 8 aromatic heterocycles. The lowest BCUT2D eigenvalue weighted by atomic mass is 9.97. The van der Waals surface area contributed by atoms with Crippen LogP contribution in [0.1, 0.15) is 214 Å². The number of pyridine rings is 3. The Hall–Kier alpha value is -9.02. The third-order valence-corrected chi connectivity index (χ3v) is 22.3. The van der Waals surface area contributed by atoms with Gasteiger partial charge >= 0.3 is 0 Å². The van der Waals surface area contributed by atoms with Crippen molar-refractivity contribution in [3.05, 3.63) is 125 Å². The predicted octanol–water partition coefficient (Wildman–Crippen LogP) is 10.6. The Kier molecular flexibility index (Phi) is 24.2. The second-order valence-electron chi connectivity index (χ2n) is 32.6. The number of carbonyl (C=O) groups is 3. The molecular weight excluding hydrogens is 1630 g/mol. The number of aryl methyl sites for hydroxylation is 4. The number of hydrogen-bond acceptors (Lipinski definition) is 25. The molecule has 4 aliphatic rings. The molecule has 3 atom stereocenters. The van der Waals surface area contributed by atoms with Crippen LogP contribution in [0.25, 0.3) is 17.5 Å². The molecule has 0 unspecified atom stereocenters. The lowest BCUT2D eigenvalue weighted by Gasteiger charge is -2.34. The van der Waals surface area contributed by atoms with Crippen molar-refractivity contribution in [3.63, 3.8) is 0 Å². The minimum absolute atomic E-state index is 0. The lowest BCUT2D eigenvalue weighted by molar-refractivity contribution is 0.0948. The van der Waals surface area contributed by atoms with Crippen molar-refractivity contribution < 1.29 is 79.5 Å². The fourth-order valence-corrected chi connectivity index (χ4v) is 16.0. The van der Waals surface area contributed by atoms with Gasteiger partial charge in [-0.1, -0.05) is 83.4 Å². The van der Waals surface area contributed by atoms with Gasteiger partial charge in [0.1, 0.15) is 32.1 Å². The highest BCUT2D eigenvalue weighted by molar-refractivity contribution is 7.95. The lowest BCUT2D eigenvalue weighted by Crippen LogP contribution is -2.41. The first-order chi connectivity index (χ1) is 58.8. The molecule has 0 radical (unpaired) electrons. The van der Waals surface area contributed by atoms with Gasteiger partial charge in [0.25, 0.3) is 47.8 Å². The summed E-state index contributed by atoms with van der Waals surface area (Å²) in [6, 6.07) is 13.2. The van der Waals surface area contributed by atoms with E-state index in [1.54, 1.807) is 50.9 Å². The number of anilines is 3. The standard InChI is InChI=1S/C26H37N7O5S.C26H37N7O4S.C26H36N6O4S.CH4.3H2S/c1-17-12-26(5,6)32(13-17)23-19(24(35)30-39(36,37)20-14-31(7)28-18(20)2)8-9-21(27-23)33-11-10-22(29-33)38-16-25(3,4)15-34;1-17-13-26(6,7)32(14-17)23-19(24(34)30-38(35,36)20-15-31(8)28-18(20)2)9-10-21(27-23)33-12-11-22(29-33)37-16-25(3,4)5;1-17-14-26(6,7)31(15-17)23-19(24(33)30-37(34,35)20-10-12-27-18(20)2)8-9-21(28-23)32-13-11-22(29-32)36-16-25(3,4)5;;;;/h8-11,14,17,34H,12-13,15-16H2,1-7H3,(H,30,35);9-12,15,17H,13-14,16H2,1-8H3,(H,30,34);8-11,13,17H,12,14-16H2,1-7H3,(H,30,33);1H4;3*1H2/t3*17-;;;;/m000..../s1/i1D3,12D2;1D3,13D2;1D3,14D2;;;;. The summed E-state index contributed by atoms with van der Waals surface area (Å²) >= 11 is 0. The molecule has 0 aliphatic carbocycles. The van der Waals surface area contributed by atoms with Crippen molar-refractivity contribution in [1.29, 1.82) is 0 Å². The Morgan fingerprint density at radius 1 is 0.508 bits per heavy atom. The number of aliphatic hydroxyl groups is 1.